The topological polar surface area (TPSA) is 29.1 Å². The average Bonchev–Trinajstić information content (AvgIpc) is 2.34. The number of nitrogens with one attached hydrogen (secondary N) is 1. The van der Waals surface area contributed by atoms with E-state index in [4.69, 9.17) is 0 Å². The fourth-order valence-electron chi connectivity index (χ4n) is 2.81. The number of halogens is 1. The first kappa shape index (κ1) is 14.0. The summed E-state index contributed by atoms with van der Waals surface area (Å²) in [5.41, 5.74) is 1.14. The van der Waals surface area contributed by atoms with Crippen LogP contribution in [0.1, 0.15) is 55.5 Å². The predicted octanol–water partition coefficient (Wildman–Crippen LogP) is 3.83. The third-order valence-corrected chi connectivity index (χ3v) is 4.18. The van der Waals surface area contributed by atoms with Gasteiger partial charge in [0, 0.05) is 6.04 Å². The van der Waals surface area contributed by atoms with Gasteiger partial charge in [0.25, 0.3) is 5.91 Å². The van der Waals surface area contributed by atoms with E-state index in [0.717, 1.165) is 24.8 Å². The summed E-state index contributed by atoms with van der Waals surface area (Å²) in [6, 6.07) is 4.78. The molecule has 19 heavy (non-hydrogen) atoms. The Hall–Kier alpha value is -1.38. The molecule has 0 aromatic heterocycles. The second kappa shape index (κ2) is 5.32. The highest BCUT2D eigenvalue weighted by Gasteiger charge is 2.33. The summed E-state index contributed by atoms with van der Waals surface area (Å²) in [5, 5.41) is 3.01. The normalized spacial score (nSPS) is 22.0. The van der Waals surface area contributed by atoms with Gasteiger partial charge in [0.15, 0.2) is 0 Å². The van der Waals surface area contributed by atoms with Crippen LogP contribution in [0, 0.1) is 18.2 Å². The van der Waals surface area contributed by atoms with Crippen LogP contribution in [0.3, 0.4) is 0 Å². The monoisotopic (exact) mass is 263 g/mol. The number of aryl methyl sites for hydroxylation is 1. The highest BCUT2D eigenvalue weighted by molar-refractivity contribution is 5.94. The summed E-state index contributed by atoms with van der Waals surface area (Å²) in [6.45, 7) is 6.20. The van der Waals surface area contributed by atoms with Crippen LogP contribution in [0.25, 0.3) is 0 Å². The first-order valence-corrected chi connectivity index (χ1v) is 6.97. The van der Waals surface area contributed by atoms with Gasteiger partial charge < -0.3 is 5.32 Å². The summed E-state index contributed by atoms with van der Waals surface area (Å²) >= 11 is 0. The van der Waals surface area contributed by atoms with E-state index in [0.29, 0.717) is 0 Å². The minimum Gasteiger partial charge on any atom is -0.349 e. The molecule has 1 aliphatic rings. The number of rotatable bonds is 2. The van der Waals surface area contributed by atoms with E-state index in [1.54, 1.807) is 12.1 Å². The molecular weight excluding hydrogens is 241 g/mol. The Kier molecular flexibility index (Phi) is 3.93. The summed E-state index contributed by atoms with van der Waals surface area (Å²) in [5.74, 6) is -0.738. The lowest BCUT2D eigenvalue weighted by atomic mass is 9.73. The van der Waals surface area contributed by atoms with E-state index in [1.807, 2.05) is 6.92 Å². The first-order valence-electron chi connectivity index (χ1n) is 6.97. The van der Waals surface area contributed by atoms with E-state index in [-0.39, 0.29) is 22.9 Å². The molecule has 1 saturated carbocycles. The molecule has 1 N–H and O–H groups in total. The molecule has 0 bridgehead atoms. The lowest BCUT2D eigenvalue weighted by Crippen LogP contribution is -2.47. The molecule has 1 aromatic carbocycles. The molecule has 0 heterocycles. The highest BCUT2D eigenvalue weighted by Crippen LogP contribution is 2.35. The first-order chi connectivity index (χ1) is 8.90. The molecule has 2 rings (SSSR count). The molecule has 3 heteroatoms. The molecule has 2 nitrogen and oxygen atoms in total. The van der Waals surface area contributed by atoms with E-state index in [2.05, 4.69) is 19.2 Å². The van der Waals surface area contributed by atoms with Gasteiger partial charge in [0.2, 0.25) is 0 Å². The average molecular weight is 263 g/mol. The summed E-state index contributed by atoms with van der Waals surface area (Å²) < 4.78 is 13.7. The Balaban J connectivity index is 2.14. The van der Waals surface area contributed by atoms with Crippen LogP contribution < -0.4 is 5.32 Å². The molecule has 0 spiro atoms. The summed E-state index contributed by atoms with van der Waals surface area (Å²) in [4.78, 5) is 12.2. The van der Waals surface area contributed by atoms with Crippen molar-refractivity contribution in [2.45, 2.75) is 52.5 Å². The molecule has 0 radical (unpaired) electrons. The van der Waals surface area contributed by atoms with Crippen molar-refractivity contribution in [3.63, 3.8) is 0 Å². The Morgan fingerprint density at radius 2 is 2.11 bits per heavy atom. The molecular formula is C16H22FNO. The Morgan fingerprint density at radius 3 is 2.79 bits per heavy atom. The zero-order chi connectivity index (χ0) is 14.0. The second-order valence-electron chi connectivity index (χ2n) is 6.24. The van der Waals surface area contributed by atoms with E-state index in [9.17, 15) is 9.18 Å². The van der Waals surface area contributed by atoms with Gasteiger partial charge in [-0.2, -0.15) is 0 Å². The van der Waals surface area contributed by atoms with Crippen molar-refractivity contribution < 1.29 is 9.18 Å². The molecule has 1 aromatic rings. The van der Waals surface area contributed by atoms with Crippen molar-refractivity contribution in [1.29, 1.82) is 0 Å². The van der Waals surface area contributed by atoms with E-state index >= 15 is 0 Å². The molecule has 0 aliphatic heterocycles. The molecule has 104 valence electrons. The van der Waals surface area contributed by atoms with Crippen LogP contribution in [0.4, 0.5) is 4.39 Å². The lowest BCUT2D eigenvalue weighted by Gasteiger charge is -2.39. The minimum atomic E-state index is -0.447. The zero-order valence-corrected chi connectivity index (χ0v) is 11.9. The predicted molar refractivity (Wildman–Crippen MR) is 74.6 cm³/mol. The smallest absolute Gasteiger partial charge is 0.254 e. The third-order valence-electron chi connectivity index (χ3n) is 4.18. The van der Waals surface area contributed by atoms with Crippen LogP contribution in [0.5, 0.6) is 0 Å². The molecule has 1 aliphatic carbocycles. The van der Waals surface area contributed by atoms with E-state index in [1.165, 1.54) is 12.5 Å². The Morgan fingerprint density at radius 1 is 1.37 bits per heavy atom. The minimum absolute atomic E-state index is 0.0915. The SMILES string of the molecule is Cc1ccc(F)c(C(=O)NC2CCCCC2(C)C)c1. The maximum atomic E-state index is 13.7. The number of benzene rings is 1. The largest absolute Gasteiger partial charge is 0.349 e. The molecule has 1 atom stereocenters. The van der Waals surface area contributed by atoms with Crippen LogP contribution >= 0.6 is 0 Å². The van der Waals surface area contributed by atoms with Gasteiger partial charge in [-0.1, -0.05) is 38.3 Å². The van der Waals surface area contributed by atoms with Crippen molar-refractivity contribution in [3.8, 4) is 0 Å². The van der Waals surface area contributed by atoms with Gasteiger partial charge in [-0.15, -0.1) is 0 Å². The number of carbonyl (C=O) groups is 1. The van der Waals surface area contributed by atoms with Crippen LogP contribution in [-0.4, -0.2) is 11.9 Å². The number of hydrogen-bond donors (Lipinski definition) is 1. The van der Waals surface area contributed by atoms with Gasteiger partial charge in [-0.3, -0.25) is 4.79 Å². The van der Waals surface area contributed by atoms with Crippen LogP contribution in [0.15, 0.2) is 18.2 Å². The number of hydrogen-bond acceptors (Lipinski definition) is 1. The Bertz CT molecular complexity index is 482. The van der Waals surface area contributed by atoms with Crippen LogP contribution in [-0.2, 0) is 0 Å². The highest BCUT2D eigenvalue weighted by atomic mass is 19.1. The Labute approximate surface area is 114 Å². The lowest BCUT2D eigenvalue weighted by molar-refractivity contribution is 0.0849. The maximum Gasteiger partial charge on any atom is 0.254 e. The summed E-state index contributed by atoms with van der Waals surface area (Å²) in [7, 11) is 0. The van der Waals surface area contributed by atoms with Crippen molar-refractivity contribution in [3.05, 3.63) is 35.1 Å². The molecule has 0 saturated heterocycles. The molecule has 1 amide bonds. The third kappa shape index (κ3) is 3.14. The van der Waals surface area contributed by atoms with Gasteiger partial charge in [0.1, 0.15) is 5.82 Å². The van der Waals surface area contributed by atoms with Gasteiger partial charge in [-0.05, 0) is 37.3 Å². The molecule has 1 fully saturated rings. The van der Waals surface area contributed by atoms with Crippen molar-refractivity contribution >= 4 is 5.91 Å². The summed E-state index contributed by atoms with van der Waals surface area (Å²) in [6.07, 6.45) is 4.42. The van der Waals surface area contributed by atoms with Gasteiger partial charge in [-0.25, -0.2) is 4.39 Å². The van der Waals surface area contributed by atoms with Gasteiger partial charge in [0.05, 0.1) is 5.56 Å². The van der Waals surface area contributed by atoms with Crippen molar-refractivity contribution in [1.82, 2.24) is 5.32 Å². The van der Waals surface area contributed by atoms with Gasteiger partial charge >= 0.3 is 0 Å². The number of amides is 1. The fraction of sp³-hybridized carbons (Fsp3) is 0.562. The standard InChI is InChI=1S/C16H22FNO/c1-11-7-8-13(17)12(10-11)15(19)18-14-6-4-5-9-16(14,2)3/h7-8,10,14H,4-6,9H2,1-3H3,(H,18,19). The van der Waals surface area contributed by atoms with Crippen LogP contribution in [0.2, 0.25) is 0 Å². The van der Waals surface area contributed by atoms with E-state index < -0.39 is 5.82 Å². The number of carbonyl (C=O) groups excluding carboxylic acids is 1. The maximum absolute atomic E-state index is 13.7. The zero-order valence-electron chi connectivity index (χ0n) is 11.9. The molecule has 1 unspecified atom stereocenters. The van der Waals surface area contributed by atoms with Crippen molar-refractivity contribution in [2.75, 3.05) is 0 Å². The fourth-order valence-corrected chi connectivity index (χ4v) is 2.81. The quantitative estimate of drug-likeness (QED) is 0.863. The van der Waals surface area contributed by atoms with Crippen molar-refractivity contribution in [2.24, 2.45) is 5.41 Å². The second-order valence-corrected chi connectivity index (χ2v) is 6.24.